The molecule has 0 aliphatic carbocycles. The third kappa shape index (κ3) is 1.80. The molecule has 1 aromatic carbocycles. The number of aromatic nitrogens is 2. The van der Waals surface area contributed by atoms with Crippen LogP contribution in [0.2, 0.25) is 0 Å². The largest absolute Gasteiger partial charge is 0.476 e. The predicted octanol–water partition coefficient (Wildman–Crippen LogP) is 0.754. The average molecular weight is 233 g/mol. The van der Waals surface area contributed by atoms with Crippen molar-refractivity contribution in [3.8, 4) is 5.69 Å². The highest BCUT2D eigenvalue weighted by Gasteiger charge is 2.19. The zero-order valence-corrected chi connectivity index (χ0v) is 9.10. The molecule has 0 unspecified atom stereocenters. The number of aromatic carboxylic acids is 1. The lowest BCUT2D eigenvalue weighted by Gasteiger charge is -2.05. The summed E-state index contributed by atoms with van der Waals surface area (Å²) in [4.78, 5) is 25.0. The van der Waals surface area contributed by atoms with Crippen molar-refractivity contribution in [3.05, 3.63) is 46.0 Å². The Labute approximate surface area is 96.3 Å². The van der Waals surface area contributed by atoms with E-state index in [1.807, 2.05) is 13.0 Å². The van der Waals surface area contributed by atoms with Crippen molar-refractivity contribution in [2.45, 2.75) is 6.92 Å². The van der Waals surface area contributed by atoms with Crippen LogP contribution in [0.3, 0.4) is 0 Å². The van der Waals surface area contributed by atoms with Gasteiger partial charge in [-0.2, -0.15) is 0 Å². The number of hydrogen-bond donors (Lipinski definition) is 3. The minimum Gasteiger partial charge on any atom is -0.476 e. The number of carbonyl (C=O) groups is 1. The van der Waals surface area contributed by atoms with Gasteiger partial charge in [-0.3, -0.25) is 9.55 Å². The molecule has 0 aliphatic heterocycles. The Morgan fingerprint density at radius 1 is 1.47 bits per heavy atom. The maximum Gasteiger partial charge on any atom is 0.356 e. The van der Waals surface area contributed by atoms with E-state index < -0.39 is 11.7 Å². The Bertz CT molecular complexity index is 640. The number of aryl methyl sites for hydroxylation is 1. The number of nitrogens with zero attached hydrogens (tertiary/aromatic N) is 1. The van der Waals surface area contributed by atoms with E-state index in [9.17, 15) is 9.59 Å². The van der Waals surface area contributed by atoms with Crippen LogP contribution in [0.25, 0.3) is 5.69 Å². The highest BCUT2D eigenvalue weighted by molar-refractivity contribution is 5.91. The van der Waals surface area contributed by atoms with Gasteiger partial charge in [0, 0.05) is 0 Å². The van der Waals surface area contributed by atoms with Crippen molar-refractivity contribution >= 4 is 11.8 Å². The van der Waals surface area contributed by atoms with Crippen LogP contribution in [-0.4, -0.2) is 20.6 Å². The molecule has 0 amide bonds. The molecule has 0 bridgehead atoms. The van der Waals surface area contributed by atoms with Crippen molar-refractivity contribution in [2.75, 3.05) is 5.73 Å². The molecule has 0 radical (unpaired) electrons. The first-order valence-electron chi connectivity index (χ1n) is 4.91. The number of nitrogens with two attached hydrogens (primary N) is 1. The Morgan fingerprint density at radius 3 is 2.76 bits per heavy atom. The third-order valence-corrected chi connectivity index (χ3v) is 2.39. The normalized spacial score (nSPS) is 10.4. The van der Waals surface area contributed by atoms with Crippen molar-refractivity contribution in [2.24, 2.45) is 0 Å². The quantitative estimate of drug-likeness (QED) is 0.712. The van der Waals surface area contributed by atoms with E-state index in [1.165, 1.54) is 0 Å². The van der Waals surface area contributed by atoms with Crippen molar-refractivity contribution in [3.63, 3.8) is 0 Å². The van der Waals surface area contributed by atoms with Gasteiger partial charge in [0.15, 0.2) is 5.69 Å². The summed E-state index contributed by atoms with van der Waals surface area (Å²) in [5, 5.41) is 9.03. The van der Waals surface area contributed by atoms with Crippen LogP contribution < -0.4 is 11.4 Å². The Kier molecular flexibility index (Phi) is 2.47. The first-order chi connectivity index (χ1) is 8.00. The van der Waals surface area contributed by atoms with Crippen LogP contribution in [0.15, 0.2) is 29.1 Å². The minimum absolute atomic E-state index is 0.149. The number of hydrogen-bond acceptors (Lipinski definition) is 3. The first-order valence-corrected chi connectivity index (χ1v) is 4.91. The van der Waals surface area contributed by atoms with E-state index >= 15 is 0 Å². The fourth-order valence-electron chi connectivity index (χ4n) is 1.68. The second kappa shape index (κ2) is 3.82. The number of carboxylic acids is 1. The summed E-state index contributed by atoms with van der Waals surface area (Å²) in [5.74, 6) is -1.40. The maximum atomic E-state index is 11.6. The number of benzene rings is 1. The zero-order chi connectivity index (χ0) is 12.6. The average Bonchev–Trinajstić information content (AvgIpc) is 2.53. The zero-order valence-electron chi connectivity index (χ0n) is 9.10. The number of H-pyrrole nitrogens is 1. The number of nitrogen functional groups attached to an aromatic ring is 1. The van der Waals surface area contributed by atoms with E-state index in [0.29, 0.717) is 5.69 Å². The summed E-state index contributed by atoms with van der Waals surface area (Å²) in [7, 11) is 0. The number of rotatable bonds is 2. The summed E-state index contributed by atoms with van der Waals surface area (Å²) in [6.07, 6.45) is 0. The van der Waals surface area contributed by atoms with E-state index in [1.54, 1.807) is 18.2 Å². The fourth-order valence-corrected chi connectivity index (χ4v) is 1.68. The molecule has 0 saturated heterocycles. The minimum atomic E-state index is -1.25. The lowest BCUT2D eigenvalue weighted by molar-refractivity contribution is 0.0689. The summed E-state index contributed by atoms with van der Waals surface area (Å²) in [6.45, 7) is 1.85. The highest BCUT2D eigenvalue weighted by atomic mass is 16.4. The van der Waals surface area contributed by atoms with Gasteiger partial charge in [-0.1, -0.05) is 12.1 Å². The predicted molar refractivity (Wildman–Crippen MR) is 62.5 cm³/mol. The van der Waals surface area contributed by atoms with Gasteiger partial charge in [0.2, 0.25) is 0 Å². The van der Waals surface area contributed by atoms with Crippen LogP contribution in [0.5, 0.6) is 0 Å². The number of imidazole rings is 1. The van der Waals surface area contributed by atoms with Gasteiger partial charge in [-0.05, 0) is 24.6 Å². The van der Waals surface area contributed by atoms with E-state index in [0.717, 1.165) is 10.1 Å². The third-order valence-electron chi connectivity index (χ3n) is 2.39. The van der Waals surface area contributed by atoms with Crippen molar-refractivity contribution < 1.29 is 9.90 Å². The van der Waals surface area contributed by atoms with Gasteiger partial charge in [-0.25, -0.2) is 9.59 Å². The standard InChI is InChI=1S/C11H11N3O3/c1-6-3-2-4-7(5-6)14-8(10(15)16)9(12)13-11(14)17/h2-5H,12H2,1H3,(H,13,17)(H,15,16). The van der Waals surface area contributed by atoms with Crippen molar-refractivity contribution in [1.82, 2.24) is 9.55 Å². The smallest absolute Gasteiger partial charge is 0.356 e. The molecule has 2 aromatic rings. The SMILES string of the molecule is Cc1cccc(-n2c(C(=O)O)c(N)[nH]c2=O)c1. The second-order valence-corrected chi connectivity index (χ2v) is 3.67. The highest BCUT2D eigenvalue weighted by Crippen LogP contribution is 2.14. The molecular formula is C11H11N3O3. The van der Waals surface area contributed by atoms with Gasteiger partial charge < -0.3 is 10.8 Å². The van der Waals surface area contributed by atoms with Gasteiger partial charge in [0.25, 0.3) is 0 Å². The van der Waals surface area contributed by atoms with Crippen LogP contribution in [0, 0.1) is 6.92 Å². The summed E-state index contributed by atoms with van der Waals surface area (Å²) in [5.41, 5.74) is 6.04. The topological polar surface area (TPSA) is 101 Å². The Balaban J connectivity index is 2.75. The van der Waals surface area contributed by atoms with Gasteiger partial charge in [-0.15, -0.1) is 0 Å². The number of anilines is 1. The molecule has 0 spiro atoms. The van der Waals surface area contributed by atoms with Crippen LogP contribution in [0.1, 0.15) is 16.1 Å². The molecule has 88 valence electrons. The van der Waals surface area contributed by atoms with Crippen LogP contribution >= 0.6 is 0 Å². The first kappa shape index (κ1) is 11.0. The molecule has 1 heterocycles. The Hall–Kier alpha value is -2.50. The number of aromatic amines is 1. The molecule has 0 saturated carbocycles. The monoisotopic (exact) mass is 233 g/mol. The molecule has 0 atom stereocenters. The molecule has 17 heavy (non-hydrogen) atoms. The van der Waals surface area contributed by atoms with Gasteiger partial charge in [0.1, 0.15) is 5.82 Å². The van der Waals surface area contributed by atoms with Gasteiger partial charge in [0.05, 0.1) is 5.69 Å². The van der Waals surface area contributed by atoms with Crippen molar-refractivity contribution in [1.29, 1.82) is 0 Å². The molecule has 0 fully saturated rings. The fraction of sp³-hybridized carbons (Fsp3) is 0.0909. The molecule has 6 nitrogen and oxygen atoms in total. The molecule has 4 N–H and O–H groups in total. The van der Waals surface area contributed by atoms with Gasteiger partial charge >= 0.3 is 11.7 Å². The summed E-state index contributed by atoms with van der Waals surface area (Å²) >= 11 is 0. The summed E-state index contributed by atoms with van der Waals surface area (Å²) in [6, 6.07) is 6.95. The van der Waals surface area contributed by atoms with E-state index in [4.69, 9.17) is 10.8 Å². The van der Waals surface area contributed by atoms with E-state index in [2.05, 4.69) is 4.98 Å². The lowest BCUT2D eigenvalue weighted by atomic mass is 10.2. The van der Waals surface area contributed by atoms with Crippen LogP contribution in [-0.2, 0) is 0 Å². The lowest BCUT2D eigenvalue weighted by Crippen LogP contribution is -2.19. The van der Waals surface area contributed by atoms with E-state index in [-0.39, 0.29) is 11.5 Å². The number of nitrogens with one attached hydrogen (secondary N) is 1. The molecular weight excluding hydrogens is 222 g/mol. The molecule has 1 aromatic heterocycles. The second-order valence-electron chi connectivity index (χ2n) is 3.67. The molecule has 0 aliphatic rings. The summed E-state index contributed by atoms with van der Waals surface area (Å²) < 4.78 is 1.05. The maximum absolute atomic E-state index is 11.6. The molecule has 6 heteroatoms. The van der Waals surface area contributed by atoms with Crippen LogP contribution in [0.4, 0.5) is 5.82 Å². The molecule has 2 rings (SSSR count). The Morgan fingerprint density at radius 2 is 2.18 bits per heavy atom. The number of carboxylic acid groups (broad SMARTS) is 1.